The molecule has 1 aromatic heterocycles. The van der Waals surface area contributed by atoms with Gasteiger partial charge in [0.15, 0.2) is 5.84 Å². The molecule has 250 valence electrons. The molecule has 1 N–H and O–H groups in total. The van der Waals surface area contributed by atoms with Crippen molar-refractivity contribution in [1.82, 2.24) is 5.32 Å². The van der Waals surface area contributed by atoms with Crippen LogP contribution in [-0.2, 0) is 0 Å². The first kappa shape index (κ1) is 30.8. The molecule has 10 rings (SSSR count). The Balaban J connectivity index is 1.09. The Morgan fingerprint density at radius 2 is 1.02 bits per heavy atom. The predicted molar refractivity (Wildman–Crippen MR) is 219 cm³/mol. The Bertz CT molecular complexity index is 2840. The number of rotatable bonds is 6. The molecule has 4 nitrogen and oxygen atoms in total. The molecule has 0 amide bonds. The van der Waals surface area contributed by atoms with E-state index >= 15 is 0 Å². The second-order valence-corrected chi connectivity index (χ2v) is 13.4. The summed E-state index contributed by atoms with van der Waals surface area (Å²) in [5, 5.41) is 8.08. The summed E-state index contributed by atoms with van der Waals surface area (Å²) >= 11 is 0. The molecule has 0 radical (unpaired) electrons. The van der Waals surface area contributed by atoms with E-state index in [1.54, 1.807) is 0 Å². The number of furan rings is 1. The van der Waals surface area contributed by atoms with Gasteiger partial charge in [-0.15, -0.1) is 0 Å². The van der Waals surface area contributed by atoms with E-state index in [9.17, 15) is 0 Å². The zero-order chi connectivity index (χ0) is 35.1. The Labute approximate surface area is 307 Å². The maximum Gasteiger partial charge on any atom is 0.160 e. The van der Waals surface area contributed by atoms with Crippen molar-refractivity contribution in [3.63, 3.8) is 0 Å². The average molecular weight is 680 g/mol. The molecule has 1 unspecified atom stereocenters. The van der Waals surface area contributed by atoms with E-state index in [1.807, 2.05) is 36.4 Å². The van der Waals surface area contributed by atoms with Crippen molar-refractivity contribution in [3.8, 4) is 33.4 Å². The number of amidine groups is 2. The highest BCUT2D eigenvalue weighted by molar-refractivity contribution is 6.22. The van der Waals surface area contributed by atoms with Gasteiger partial charge in [-0.3, -0.25) is 0 Å². The summed E-state index contributed by atoms with van der Waals surface area (Å²) < 4.78 is 6.56. The van der Waals surface area contributed by atoms with Crippen molar-refractivity contribution in [2.75, 3.05) is 0 Å². The summed E-state index contributed by atoms with van der Waals surface area (Å²) in [6.45, 7) is 0. The molecular weight excluding hydrogens is 647 g/mol. The lowest BCUT2D eigenvalue weighted by Crippen LogP contribution is -2.33. The van der Waals surface area contributed by atoms with Crippen molar-refractivity contribution in [2.45, 2.75) is 6.17 Å². The number of hydrogen-bond donors (Lipinski definition) is 1. The molecular formula is C49H33N3O. The molecule has 0 aliphatic carbocycles. The van der Waals surface area contributed by atoms with Gasteiger partial charge in [-0.2, -0.15) is 0 Å². The van der Waals surface area contributed by atoms with E-state index in [1.165, 1.54) is 27.6 Å². The van der Waals surface area contributed by atoms with Crippen LogP contribution in [0.15, 0.2) is 202 Å². The van der Waals surface area contributed by atoms with Gasteiger partial charge in [-0.1, -0.05) is 170 Å². The highest BCUT2D eigenvalue weighted by atomic mass is 16.3. The first-order valence-electron chi connectivity index (χ1n) is 17.9. The average Bonchev–Trinajstić information content (AvgIpc) is 3.62. The number of nitrogens with one attached hydrogen (secondary N) is 1. The van der Waals surface area contributed by atoms with Crippen LogP contribution in [-0.4, -0.2) is 11.7 Å². The lowest BCUT2D eigenvalue weighted by atomic mass is 9.93. The maximum atomic E-state index is 6.56. The van der Waals surface area contributed by atoms with Gasteiger partial charge in [0.05, 0.1) is 0 Å². The Hall–Kier alpha value is -7.04. The Morgan fingerprint density at radius 3 is 1.75 bits per heavy atom. The van der Waals surface area contributed by atoms with Crippen molar-refractivity contribution >= 4 is 44.4 Å². The molecule has 2 heterocycles. The summed E-state index contributed by atoms with van der Waals surface area (Å²) in [6.07, 6.45) is -0.369. The summed E-state index contributed by atoms with van der Waals surface area (Å²) in [4.78, 5) is 10.6. The van der Waals surface area contributed by atoms with Crippen molar-refractivity contribution in [3.05, 3.63) is 205 Å². The second-order valence-electron chi connectivity index (χ2n) is 13.4. The van der Waals surface area contributed by atoms with Crippen molar-refractivity contribution in [2.24, 2.45) is 9.98 Å². The monoisotopic (exact) mass is 679 g/mol. The van der Waals surface area contributed by atoms with E-state index in [0.717, 1.165) is 61.0 Å². The standard InChI is InChI=1S/C49H33N3O/c1-4-13-32(14-5-1)33-23-25-34(26-24-33)37-27-28-42-45(31-37)53-44-22-12-21-43(46(42)44)49-51-47(36-17-8-3-9-18-36)50-48(52-49)41-30-29-38(35-15-6-2-7-16-35)39-19-10-11-20-40(39)41/h1-31,48H,(H,50,51,52). The molecule has 0 saturated heterocycles. The second kappa shape index (κ2) is 12.9. The minimum atomic E-state index is -0.369. The van der Waals surface area contributed by atoms with Gasteiger partial charge in [-0.05, 0) is 62.4 Å². The largest absolute Gasteiger partial charge is 0.456 e. The van der Waals surface area contributed by atoms with Crippen LogP contribution in [0.1, 0.15) is 22.9 Å². The van der Waals surface area contributed by atoms with Crippen LogP contribution >= 0.6 is 0 Å². The number of hydrogen-bond acceptors (Lipinski definition) is 4. The molecule has 53 heavy (non-hydrogen) atoms. The summed E-state index contributed by atoms with van der Waals surface area (Å²) in [5.41, 5.74) is 11.7. The van der Waals surface area contributed by atoms with E-state index in [2.05, 4.69) is 157 Å². The van der Waals surface area contributed by atoms with Gasteiger partial charge in [0.25, 0.3) is 0 Å². The first-order chi connectivity index (χ1) is 26.3. The summed E-state index contributed by atoms with van der Waals surface area (Å²) in [7, 11) is 0. The number of fused-ring (bicyclic) bond motifs is 4. The maximum absolute atomic E-state index is 6.56. The van der Waals surface area contributed by atoms with Crippen LogP contribution in [0, 0.1) is 0 Å². The molecule has 0 saturated carbocycles. The highest BCUT2D eigenvalue weighted by Gasteiger charge is 2.25. The zero-order valence-electron chi connectivity index (χ0n) is 28.8. The Kier molecular flexibility index (Phi) is 7.51. The molecule has 0 spiro atoms. The lowest BCUT2D eigenvalue weighted by Gasteiger charge is -2.25. The van der Waals surface area contributed by atoms with E-state index in [4.69, 9.17) is 14.4 Å². The highest BCUT2D eigenvalue weighted by Crippen LogP contribution is 2.38. The third-order valence-electron chi connectivity index (χ3n) is 10.2. The molecule has 4 heteroatoms. The molecule has 9 aromatic rings. The fraction of sp³-hybridized carbons (Fsp3) is 0.0204. The smallest absolute Gasteiger partial charge is 0.160 e. The Morgan fingerprint density at radius 1 is 0.415 bits per heavy atom. The first-order valence-corrected chi connectivity index (χ1v) is 17.9. The molecule has 0 bridgehead atoms. The molecule has 1 aliphatic rings. The van der Waals surface area contributed by atoms with Gasteiger partial charge in [0.1, 0.15) is 23.2 Å². The number of nitrogens with zero attached hydrogens (tertiary/aromatic N) is 2. The van der Waals surface area contributed by atoms with Crippen LogP contribution in [0.25, 0.3) is 66.1 Å². The van der Waals surface area contributed by atoms with Crippen LogP contribution < -0.4 is 5.32 Å². The third-order valence-corrected chi connectivity index (χ3v) is 10.2. The minimum Gasteiger partial charge on any atom is -0.456 e. The molecule has 0 fully saturated rings. The lowest BCUT2D eigenvalue weighted by molar-refractivity contribution is 0.668. The van der Waals surface area contributed by atoms with Crippen LogP contribution in [0.3, 0.4) is 0 Å². The molecule has 1 aliphatic heterocycles. The van der Waals surface area contributed by atoms with Crippen molar-refractivity contribution < 1.29 is 4.42 Å². The van der Waals surface area contributed by atoms with Gasteiger partial charge in [0.2, 0.25) is 0 Å². The van der Waals surface area contributed by atoms with Gasteiger partial charge >= 0.3 is 0 Å². The third kappa shape index (κ3) is 5.58. The van der Waals surface area contributed by atoms with Crippen LogP contribution in [0.2, 0.25) is 0 Å². The van der Waals surface area contributed by atoms with E-state index in [0.29, 0.717) is 5.84 Å². The van der Waals surface area contributed by atoms with E-state index in [-0.39, 0.29) is 6.17 Å². The predicted octanol–water partition coefficient (Wildman–Crippen LogP) is 12.2. The van der Waals surface area contributed by atoms with Gasteiger partial charge < -0.3 is 9.73 Å². The van der Waals surface area contributed by atoms with Crippen LogP contribution in [0.4, 0.5) is 0 Å². The molecule has 8 aromatic carbocycles. The van der Waals surface area contributed by atoms with Gasteiger partial charge in [0, 0.05) is 27.5 Å². The number of benzene rings is 8. The van der Waals surface area contributed by atoms with Crippen molar-refractivity contribution in [1.29, 1.82) is 0 Å². The summed E-state index contributed by atoms with van der Waals surface area (Å²) in [5.74, 6) is 1.44. The fourth-order valence-electron chi connectivity index (χ4n) is 7.58. The number of aliphatic imine (C=N–C) groups is 2. The zero-order valence-corrected chi connectivity index (χ0v) is 28.8. The normalized spacial score (nSPS) is 14.2. The quantitative estimate of drug-likeness (QED) is 0.190. The fourth-order valence-corrected chi connectivity index (χ4v) is 7.58. The van der Waals surface area contributed by atoms with E-state index < -0.39 is 0 Å². The minimum absolute atomic E-state index is 0.369. The topological polar surface area (TPSA) is 49.9 Å². The van der Waals surface area contributed by atoms with Crippen LogP contribution in [0.5, 0.6) is 0 Å². The SMILES string of the molecule is c1ccc(C2=NC(c3cccc4oc5cc(-c6ccc(-c7ccccc7)cc6)ccc5c34)=NC(c3ccc(-c4ccccc4)c4ccccc34)N2)cc1. The summed E-state index contributed by atoms with van der Waals surface area (Å²) in [6, 6.07) is 65.7. The van der Waals surface area contributed by atoms with Gasteiger partial charge in [-0.25, -0.2) is 9.98 Å². The molecule has 1 atom stereocenters.